The summed E-state index contributed by atoms with van der Waals surface area (Å²) in [5, 5.41) is 12.7. The van der Waals surface area contributed by atoms with Crippen molar-refractivity contribution >= 4 is 5.97 Å². The molecule has 0 unspecified atom stereocenters. The van der Waals surface area contributed by atoms with E-state index in [-0.39, 0.29) is 0 Å². The van der Waals surface area contributed by atoms with E-state index >= 15 is 0 Å². The molecular weight excluding hydrogens is 242 g/mol. The van der Waals surface area contributed by atoms with Crippen molar-refractivity contribution in [1.29, 1.82) is 0 Å². The zero-order valence-electron chi connectivity index (χ0n) is 12.7. The van der Waals surface area contributed by atoms with Gasteiger partial charge < -0.3 is 15.0 Å². The number of carboxylic acid groups (broad SMARTS) is 1. The van der Waals surface area contributed by atoms with E-state index in [9.17, 15) is 9.90 Å². The van der Waals surface area contributed by atoms with Crippen LogP contribution in [0.3, 0.4) is 0 Å². The van der Waals surface area contributed by atoms with Crippen LogP contribution >= 0.6 is 0 Å². The molecule has 0 atom stereocenters. The monoisotopic (exact) mass is 267 g/mol. The third kappa shape index (κ3) is 3.15. The number of hydrogen-bond acceptors (Lipinski definition) is 3. The highest BCUT2D eigenvalue weighted by molar-refractivity contribution is 5.75. The van der Waals surface area contributed by atoms with E-state index in [0.717, 1.165) is 5.69 Å². The molecule has 1 rings (SSSR count). The Hall–Kier alpha value is -1.36. The van der Waals surface area contributed by atoms with Gasteiger partial charge in [0.25, 0.3) is 0 Å². The van der Waals surface area contributed by atoms with Gasteiger partial charge in [-0.2, -0.15) is 0 Å². The fourth-order valence-electron chi connectivity index (χ4n) is 1.73. The van der Waals surface area contributed by atoms with Gasteiger partial charge >= 0.3 is 5.97 Å². The summed E-state index contributed by atoms with van der Waals surface area (Å²) in [5.41, 5.74) is -0.315. The Bertz CT molecular complexity index is 447. The van der Waals surface area contributed by atoms with E-state index in [2.05, 4.69) is 28.7 Å². The van der Waals surface area contributed by atoms with Crippen LogP contribution in [0.1, 0.15) is 53.3 Å². The lowest BCUT2D eigenvalue weighted by atomic mass is 9.74. The van der Waals surface area contributed by atoms with Crippen molar-refractivity contribution in [1.82, 2.24) is 14.9 Å². The fraction of sp³-hybridized carbons (Fsp3) is 0.714. The van der Waals surface area contributed by atoms with Crippen LogP contribution in [0.4, 0.5) is 0 Å². The van der Waals surface area contributed by atoms with Crippen LogP contribution in [0.2, 0.25) is 0 Å². The highest BCUT2D eigenvalue weighted by Gasteiger charge is 2.43. The molecule has 1 heterocycles. The standard InChI is InChI=1S/C14H25N3O2/c1-10(2)17-9-15-7-11(17)8-16-14(5,6)13(3,4)12(18)19/h7,9-10,16H,8H2,1-6H3,(H,18,19). The number of nitrogens with zero attached hydrogens (tertiary/aromatic N) is 2. The molecule has 5 heteroatoms. The molecule has 5 nitrogen and oxygen atoms in total. The SMILES string of the molecule is CC(C)n1cncc1CNC(C)(C)C(C)(C)C(=O)O. The number of carbonyl (C=O) groups is 1. The first-order valence-electron chi connectivity index (χ1n) is 6.58. The van der Waals surface area contributed by atoms with Crippen molar-refractivity contribution in [3.05, 3.63) is 18.2 Å². The molecule has 0 bridgehead atoms. The summed E-state index contributed by atoms with van der Waals surface area (Å²) in [7, 11) is 0. The third-order valence-electron chi connectivity index (χ3n) is 4.11. The highest BCUT2D eigenvalue weighted by atomic mass is 16.4. The Morgan fingerprint density at radius 3 is 2.47 bits per heavy atom. The van der Waals surface area contributed by atoms with E-state index in [0.29, 0.717) is 12.6 Å². The molecular formula is C14H25N3O2. The van der Waals surface area contributed by atoms with Gasteiger partial charge in [0.1, 0.15) is 0 Å². The Kier molecular flexibility index (Phi) is 4.40. The van der Waals surface area contributed by atoms with Crippen LogP contribution in [-0.2, 0) is 11.3 Å². The number of carboxylic acids is 1. The largest absolute Gasteiger partial charge is 0.481 e. The molecule has 0 aromatic carbocycles. The van der Waals surface area contributed by atoms with Gasteiger partial charge in [-0.05, 0) is 41.5 Å². The lowest BCUT2D eigenvalue weighted by Crippen LogP contribution is -2.54. The average molecular weight is 267 g/mol. The fourth-order valence-corrected chi connectivity index (χ4v) is 1.73. The van der Waals surface area contributed by atoms with E-state index in [1.54, 1.807) is 20.2 Å². The molecule has 0 amide bonds. The number of imidazole rings is 1. The van der Waals surface area contributed by atoms with Crippen LogP contribution in [0.25, 0.3) is 0 Å². The summed E-state index contributed by atoms with van der Waals surface area (Å²) in [4.78, 5) is 15.5. The van der Waals surface area contributed by atoms with Crippen molar-refractivity contribution in [2.24, 2.45) is 5.41 Å². The maximum atomic E-state index is 11.3. The van der Waals surface area contributed by atoms with Crippen LogP contribution in [0.5, 0.6) is 0 Å². The molecule has 1 aromatic heterocycles. The topological polar surface area (TPSA) is 67.2 Å². The Morgan fingerprint density at radius 1 is 1.42 bits per heavy atom. The second-order valence-electron chi connectivity index (χ2n) is 6.29. The molecule has 0 fully saturated rings. The van der Waals surface area contributed by atoms with Crippen molar-refractivity contribution in [3.8, 4) is 0 Å². The van der Waals surface area contributed by atoms with E-state index < -0.39 is 16.9 Å². The van der Waals surface area contributed by atoms with Crippen LogP contribution < -0.4 is 5.32 Å². The summed E-state index contributed by atoms with van der Waals surface area (Å²) in [5.74, 6) is -0.803. The lowest BCUT2D eigenvalue weighted by Gasteiger charge is -2.39. The summed E-state index contributed by atoms with van der Waals surface area (Å²) in [6.45, 7) is 12.1. The minimum Gasteiger partial charge on any atom is -0.481 e. The third-order valence-corrected chi connectivity index (χ3v) is 4.11. The summed E-state index contributed by atoms with van der Waals surface area (Å²) in [6.07, 6.45) is 3.62. The first-order chi connectivity index (χ1) is 8.59. The Labute approximate surface area is 115 Å². The smallest absolute Gasteiger partial charge is 0.310 e. The second kappa shape index (κ2) is 5.33. The van der Waals surface area contributed by atoms with Gasteiger partial charge in [0, 0.05) is 24.3 Å². The maximum absolute atomic E-state index is 11.3. The van der Waals surface area contributed by atoms with Gasteiger partial charge in [-0.3, -0.25) is 4.79 Å². The molecule has 2 N–H and O–H groups in total. The van der Waals surface area contributed by atoms with E-state index in [1.807, 2.05) is 20.0 Å². The van der Waals surface area contributed by atoms with Gasteiger partial charge in [0.2, 0.25) is 0 Å². The van der Waals surface area contributed by atoms with E-state index in [1.165, 1.54) is 0 Å². The molecule has 0 aliphatic rings. The zero-order chi connectivity index (χ0) is 14.8. The first kappa shape index (κ1) is 15.7. The Balaban J connectivity index is 2.81. The maximum Gasteiger partial charge on any atom is 0.310 e. The number of aliphatic carboxylic acids is 1. The molecule has 0 aliphatic carbocycles. The average Bonchev–Trinajstić information content (AvgIpc) is 2.74. The minimum absolute atomic E-state index is 0.342. The van der Waals surface area contributed by atoms with Crippen molar-refractivity contribution in [3.63, 3.8) is 0 Å². The van der Waals surface area contributed by atoms with Gasteiger partial charge in [-0.15, -0.1) is 0 Å². The minimum atomic E-state index is -0.852. The van der Waals surface area contributed by atoms with Gasteiger partial charge in [0.15, 0.2) is 0 Å². The van der Waals surface area contributed by atoms with E-state index in [4.69, 9.17) is 0 Å². The van der Waals surface area contributed by atoms with Gasteiger partial charge in [0.05, 0.1) is 17.4 Å². The molecule has 0 saturated heterocycles. The second-order valence-corrected chi connectivity index (χ2v) is 6.29. The molecule has 0 radical (unpaired) electrons. The van der Waals surface area contributed by atoms with Crippen molar-refractivity contribution in [2.75, 3.05) is 0 Å². The molecule has 19 heavy (non-hydrogen) atoms. The predicted molar refractivity (Wildman–Crippen MR) is 74.9 cm³/mol. The van der Waals surface area contributed by atoms with Gasteiger partial charge in [-0.25, -0.2) is 4.98 Å². The molecule has 0 aliphatic heterocycles. The van der Waals surface area contributed by atoms with Crippen LogP contribution in [0, 0.1) is 5.41 Å². The number of nitrogens with one attached hydrogen (secondary N) is 1. The number of aromatic nitrogens is 2. The van der Waals surface area contributed by atoms with Gasteiger partial charge in [-0.1, -0.05) is 0 Å². The number of hydrogen-bond donors (Lipinski definition) is 2. The van der Waals surface area contributed by atoms with Crippen molar-refractivity contribution < 1.29 is 9.90 Å². The molecule has 1 aromatic rings. The van der Waals surface area contributed by atoms with Crippen molar-refractivity contribution in [2.45, 2.75) is 59.7 Å². The zero-order valence-corrected chi connectivity index (χ0v) is 12.7. The van der Waals surface area contributed by atoms with Crippen LogP contribution in [-0.4, -0.2) is 26.2 Å². The Morgan fingerprint density at radius 2 is 2.00 bits per heavy atom. The quantitative estimate of drug-likeness (QED) is 0.830. The normalized spacial score (nSPS) is 13.0. The summed E-state index contributed by atoms with van der Waals surface area (Å²) in [6, 6.07) is 0.342. The lowest BCUT2D eigenvalue weighted by molar-refractivity contribution is -0.151. The number of rotatable bonds is 6. The molecule has 0 spiro atoms. The predicted octanol–water partition coefficient (Wildman–Crippen LogP) is 2.44. The molecule has 0 saturated carbocycles. The summed E-state index contributed by atoms with van der Waals surface area (Å²) < 4.78 is 2.08. The highest BCUT2D eigenvalue weighted by Crippen LogP contribution is 2.31. The van der Waals surface area contributed by atoms with Crippen LogP contribution in [0.15, 0.2) is 12.5 Å². The molecule has 108 valence electrons. The first-order valence-corrected chi connectivity index (χ1v) is 6.58. The summed E-state index contributed by atoms with van der Waals surface area (Å²) >= 11 is 0.